The van der Waals surface area contributed by atoms with Crippen LogP contribution in [0.1, 0.15) is 12.0 Å². The van der Waals surface area contributed by atoms with Crippen LogP contribution in [0.25, 0.3) is 0 Å². The van der Waals surface area contributed by atoms with Crippen molar-refractivity contribution in [1.29, 1.82) is 0 Å². The van der Waals surface area contributed by atoms with Gasteiger partial charge in [-0.3, -0.25) is 24.6 Å². The molecule has 1 aliphatic heterocycles. The Balaban J connectivity index is 1.36. The second kappa shape index (κ2) is 10.5. The minimum Gasteiger partial charge on any atom is -0.369 e. The Labute approximate surface area is 181 Å². The van der Waals surface area contributed by atoms with E-state index in [2.05, 4.69) is 32.6 Å². The fourth-order valence-electron chi connectivity index (χ4n) is 3.49. The van der Waals surface area contributed by atoms with Crippen molar-refractivity contribution in [2.75, 3.05) is 49.5 Å². The van der Waals surface area contributed by atoms with Gasteiger partial charge in [0, 0.05) is 50.5 Å². The van der Waals surface area contributed by atoms with Crippen molar-refractivity contribution in [2.45, 2.75) is 13.3 Å². The van der Waals surface area contributed by atoms with E-state index in [9.17, 15) is 19.7 Å². The zero-order chi connectivity index (χ0) is 22.2. The maximum atomic E-state index is 12.1. The number of carbonyl (C=O) groups is 2. The molecule has 0 spiro atoms. The number of nitrogens with zero attached hydrogens (tertiary/aromatic N) is 3. The highest BCUT2D eigenvalue weighted by molar-refractivity contribution is 6.39. The Kier molecular flexibility index (Phi) is 7.55. The second-order valence-corrected chi connectivity index (χ2v) is 7.48. The van der Waals surface area contributed by atoms with Gasteiger partial charge in [-0.15, -0.1) is 0 Å². The zero-order valence-electron chi connectivity index (χ0n) is 17.5. The first-order valence-corrected chi connectivity index (χ1v) is 10.3. The average molecular weight is 425 g/mol. The molecule has 0 radical (unpaired) electrons. The molecule has 2 N–H and O–H groups in total. The van der Waals surface area contributed by atoms with Gasteiger partial charge in [-0.25, -0.2) is 0 Å². The predicted molar refractivity (Wildman–Crippen MR) is 119 cm³/mol. The molecule has 0 bridgehead atoms. The van der Waals surface area contributed by atoms with E-state index in [-0.39, 0.29) is 11.4 Å². The van der Waals surface area contributed by atoms with Gasteiger partial charge in [0.05, 0.1) is 10.6 Å². The summed E-state index contributed by atoms with van der Waals surface area (Å²) in [6.07, 6.45) is 0.736. The molecule has 2 aromatic rings. The average Bonchev–Trinajstić information content (AvgIpc) is 2.78. The molecule has 1 heterocycles. The van der Waals surface area contributed by atoms with Gasteiger partial charge in [0.25, 0.3) is 5.69 Å². The van der Waals surface area contributed by atoms with Gasteiger partial charge >= 0.3 is 11.8 Å². The third kappa shape index (κ3) is 6.26. The van der Waals surface area contributed by atoms with Crippen LogP contribution >= 0.6 is 0 Å². The third-order valence-corrected chi connectivity index (χ3v) is 5.32. The van der Waals surface area contributed by atoms with Crippen LogP contribution in [-0.2, 0) is 9.59 Å². The van der Waals surface area contributed by atoms with Gasteiger partial charge in [0.2, 0.25) is 0 Å². The first-order valence-electron chi connectivity index (χ1n) is 10.3. The number of para-hydroxylation sites is 1. The lowest BCUT2D eigenvalue weighted by atomic mass is 10.2. The van der Waals surface area contributed by atoms with Crippen LogP contribution < -0.4 is 15.5 Å². The standard InChI is InChI=1S/C22H27N5O4/c1-17-8-9-19(27(30)31)16-20(17)24-22(29)21(28)23-10-5-11-25-12-14-26(15-13-25)18-6-3-2-4-7-18/h2-4,6-9,16H,5,10-15H2,1H3,(H,23,28)(H,24,29). The summed E-state index contributed by atoms with van der Waals surface area (Å²) in [5.74, 6) is -1.58. The van der Waals surface area contributed by atoms with E-state index in [1.807, 2.05) is 18.2 Å². The summed E-state index contributed by atoms with van der Waals surface area (Å²) in [5, 5.41) is 15.9. The molecular weight excluding hydrogens is 398 g/mol. The number of hydrogen-bond donors (Lipinski definition) is 2. The molecule has 9 nitrogen and oxygen atoms in total. The number of anilines is 2. The number of hydrogen-bond acceptors (Lipinski definition) is 6. The summed E-state index contributed by atoms with van der Waals surface area (Å²) in [4.78, 5) is 39.2. The number of rotatable bonds is 7. The van der Waals surface area contributed by atoms with Gasteiger partial charge in [-0.2, -0.15) is 0 Å². The first kappa shape index (κ1) is 22.2. The van der Waals surface area contributed by atoms with E-state index >= 15 is 0 Å². The van der Waals surface area contributed by atoms with Crippen LogP contribution in [0.4, 0.5) is 17.1 Å². The van der Waals surface area contributed by atoms with Crippen LogP contribution in [-0.4, -0.2) is 60.9 Å². The lowest BCUT2D eigenvalue weighted by Crippen LogP contribution is -2.47. The number of aryl methyl sites for hydroxylation is 1. The minimum absolute atomic E-state index is 0.145. The fourth-order valence-corrected chi connectivity index (χ4v) is 3.49. The van der Waals surface area contributed by atoms with Crippen molar-refractivity contribution < 1.29 is 14.5 Å². The van der Waals surface area contributed by atoms with E-state index in [1.54, 1.807) is 6.92 Å². The molecule has 31 heavy (non-hydrogen) atoms. The van der Waals surface area contributed by atoms with Gasteiger partial charge in [-0.1, -0.05) is 24.3 Å². The summed E-state index contributed by atoms with van der Waals surface area (Å²) in [5.41, 5.74) is 1.99. The summed E-state index contributed by atoms with van der Waals surface area (Å²) >= 11 is 0. The van der Waals surface area contributed by atoms with E-state index in [1.165, 1.54) is 23.9 Å². The van der Waals surface area contributed by atoms with E-state index < -0.39 is 16.7 Å². The van der Waals surface area contributed by atoms with Gasteiger partial charge < -0.3 is 15.5 Å². The van der Waals surface area contributed by atoms with Crippen LogP contribution in [0.2, 0.25) is 0 Å². The third-order valence-electron chi connectivity index (χ3n) is 5.32. The molecule has 0 unspecified atom stereocenters. The SMILES string of the molecule is Cc1ccc([N+](=O)[O-])cc1NC(=O)C(=O)NCCCN1CCN(c2ccccc2)CC1. The number of benzene rings is 2. The highest BCUT2D eigenvalue weighted by Crippen LogP contribution is 2.21. The highest BCUT2D eigenvalue weighted by atomic mass is 16.6. The Hall–Kier alpha value is -3.46. The maximum Gasteiger partial charge on any atom is 0.313 e. The summed E-state index contributed by atoms with van der Waals surface area (Å²) in [6, 6.07) is 14.5. The Morgan fingerprint density at radius 1 is 1.03 bits per heavy atom. The number of carbonyl (C=O) groups excluding carboxylic acids is 2. The van der Waals surface area contributed by atoms with Crippen LogP contribution in [0.15, 0.2) is 48.5 Å². The van der Waals surface area contributed by atoms with Crippen molar-refractivity contribution in [2.24, 2.45) is 0 Å². The number of nitro groups is 1. The zero-order valence-corrected chi connectivity index (χ0v) is 17.5. The molecule has 9 heteroatoms. The van der Waals surface area contributed by atoms with Crippen molar-refractivity contribution in [3.8, 4) is 0 Å². The number of piperazine rings is 1. The van der Waals surface area contributed by atoms with E-state index in [0.717, 1.165) is 39.1 Å². The summed E-state index contributed by atoms with van der Waals surface area (Å²) in [6.45, 7) is 6.76. The van der Waals surface area contributed by atoms with Gasteiger partial charge in [-0.05, 0) is 37.6 Å². The number of nitrogens with one attached hydrogen (secondary N) is 2. The van der Waals surface area contributed by atoms with E-state index in [4.69, 9.17) is 0 Å². The number of non-ortho nitro benzene ring substituents is 1. The lowest BCUT2D eigenvalue weighted by Gasteiger charge is -2.36. The molecule has 1 saturated heterocycles. The molecule has 2 aromatic carbocycles. The Morgan fingerprint density at radius 3 is 2.42 bits per heavy atom. The molecule has 1 aliphatic rings. The molecular formula is C22H27N5O4. The molecule has 0 aromatic heterocycles. The van der Waals surface area contributed by atoms with Crippen molar-refractivity contribution in [1.82, 2.24) is 10.2 Å². The monoisotopic (exact) mass is 425 g/mol. The number of nitro benzene ring substituents is 1. The Morgan fingerprint density at radius 2 is 1.74 bits per heavy atom. The second-order valence-electron chi connectivity index (χ2n) is 7.48. The van der Waals surface area contributed by atoms with Crippen LogP contribution in [0.3, 0.4) is 0 Å². The number of amides is 2. The maximum absolute atomic E-state index is 12.1. The molecule has 1 fully saturated rings. The summed E-state index contributed by atoms with van der Waals surface area (Å²) in [7, 11) is 0. The minimum atomic E-state index is -0.833. The van der Waals surface area contributed by atoms with Crippen molar-refractivity contribution in [3.63, 3.8) is 0 Å². The van der Waals surface area contributed by atoms with Crippen LogP contribution in [0.5, 0.6) is 0 Å². The van der Waals surface area contributed by atoms with Gasteiger partial charge in [0.1, 0.15) is 0 Å². The van der Waals surface area contributed by atoms with Crippen molar-refractivity contribution in [3.05, 3.63) is 64.2 Å². The topological polar surface area (TPSA) is 108 Å². The van der Waals surface area contributed by atoms with Crippen molar-refractivity contribution >= 4 is 28.9 Å². The predicted octanol–water partition coefficient (Wildman–Crippen LogP) is 2.17. The molecule has 164 valence electrons. The fraction of sp³-hybridized carbons (Fsp3) is 0.364. The molecule has 0 aliphatic carbocycles. The quantitative estimate of drug-likeness (QED) is 0.305. The van der Waals surface area contributed by atoms with Crippen LogP contribution in [0, 0.1) is 17.0 Å². The first-order chi connectivity index (χ1) is 14.9. The largest absolute Gasteiger partial charge is 0.369 e. The Bertz CT molecular complexity index is 927. The molecule has 2 amide bonds. The normalized spacial score (nSPS) is 14.2. The smallest absolute Gasteiger partial charge is 0.313 e. The summed E-state index contributed by atoms with van der Waals surface area (Å²) < 4.78 is 0. The molecule has 0 saturated carbocycles. The van der Waals surface area contributed by atoms with Gasteiger partial charge in [0.15, 0.2) is 0 Å². The molecule has 0 atom stereocenters. The van der Waals surface area contributed by atoms with E-state index in [0.29, 0.717) is 12.1 Å². The highest BCUT2D eigenvalue weighted by Gasteiger charge is 2.18. The molecule has 3 rings (SSSR count). The lowest BCUT2D eigenvalue weighted by molar-refractivity contribution is -0.384.